The number of fused-ring (bicyclic) bond motifs is 1. The van der Waals surface area contributed by atoms with Gasteiger partial charge in [-0.1, -0.05) is 60.1 Å². The molecule has 34 heavy (non-hydrogen) atoms. The van der Waals surface area contributed by atoms with Gasteiger partial charge in [-0.2, -0.15) is 8.42 Å². The summed E-state index contributed by atoms with van der Waals surface area (Å²) >= 11 is 0. The van der Waals surface area contributed by atoms with E-state index in [1.807, 2.05) is 12.2 Å². The number of hydrogen-bond acceptors (Lipinski definition) is 6. The van der Waals surface area contributed by atoms with Crippen LogP contribution < -0.4 is 0 Å². The van der Waals surface area contributed by atoms with Crippen LogP contribution in [-0.2, 0) is 28.2 Å². The van der Waals surface area contributed by atoms with Crippen LogP contribution in [0.5, 0.6) is 0 Å². The molecule has 6 nitrogen and oxygen atoms in total. The van der Waals surface area contributed by atoms with Gasteiger partial charge in [0.25, 0.3) is 10.1 Å². The van der Waals surface area contributed by atoms with E-state index in [2.05, 4.69) is 54.6 Å². The van der Waals surface area contributed by atoms with E-state index in [1.54, 1.807) is 0 Å². The van der Waals surface area contributed by atoms with Gasteiger partial charge in [0.1, 0.15) is 10.9 Å². The summed E-state index contributed by atoms with van der Waals surface area (Å²) in [7, 11) is -5.53. The van der Waals surface area contributed by atoms with Crippen LogP contribution in [0.1, 0.15) is 80.1 Å². The van der Waals surface area contributed by atoms with E-state index in [-0.39, 0.29) is 41.3 Å². The van der Waals surface area contributed by atoms with Gasteiger partial charge in [0, 0.05) is 17.9 Å². The van der Waals surface area contributed by atoms with E-state index in [0.29, 0.717) is 6.42 Å². The molecule has 2 bridgehead atoms. The van der Waals surface area contributed by atoms with Gasteiger partial charge in [0.05, 0.1) is 24.4 Å². The molecule has 0 aromatic carbocycles. The minimum absolute atomic E-state index is 0.0154. The van der Waals surface area contributed by atoms with E-state index in [1.165, 1.54) is 0 Å². The van der Waals surface area contributed by atoms with E-state index in [9.17, 15) is 8.42 Å². The van der Waals surface area contributed by atoms with Crippen molar-refractivity contribution in [1.29, 1.82) is 0 Å². The number of rotatable bonds is 8. The highest BCUT2D eigenvalue weighted by Gasteiger charge is 2.65. The second-order valence-corrected chi connectivity index (χ2v) is 19.2. The zero-order chi connectivity index (χ0) is 25.1. The summed E-state index contributed by atoms with van der Waals surface area (Å²) < 4.78 is 51.4. The molecular weight excluding hydrogens is 468 g/mol. The van der Waals surface area contributed by atoms with Gasteiger partial charge in [0.15, 0.2) is 8.32 Å². The van der Waals surface area contributed by atoms with Crippen LogP contribution in [0.4, 0.5) is 0 Å². The summed E-state index contributed by atoms with van der Waals surface area (Å²) in [5.74, 6) is -0.0788. The fraction of sp³-hybridized carbons (Fsp3) is 0.923. The van der Waals surface area contributed by atoms with Gasteiger partial charge in [-0.25, -0.2) is 0 Å². The Kier molecular flexibility index (Phi) is 7.29. The Morgan fingerprint density at radius 2 is 1.94 bits per heavy atom. The van der Waals surface area contributed by atoms with Gasteiger partial charge in [-0.3, -0.25) is 4.18 Å². The lowest BCUT2D eigenvalue weighted by Gasteiger charge is -2.46. The van der Waals surface area contributed by atoms with Crippen molar-refractivity contribution in [3.63, 3.8) is 0 Å². The Morgan fingerprint density at radius 1 is 1.24 bits per heavy atom. The van der Waals surface area contributed by atoms with Crippen LogP contribution in [-0.4, -0.2) is 58.1 Å². The fourth-order valence-corrected chi connectivity index (χ4v) is 9.66. The maximum Gasteiger partial charge on any atom is 0.273 e. The molecule has 0 saturated carbocycles. The van der Waals surface area contributed by atoms with E-state index < -0.39 is 35.4 Å². The Balaban J connectivity index is 1.41. The lowest BCUT2D eigenvalue weighted by Crippen LogP contribution is -2.59. The zero-order valence-corrected chi connectivity index (χ0v) is 24.2. The highest BCUT2D eigenvalue weighted by molar-refractivity contribution is 7.87. The lowest BCUT2D eigenvalue weighted by molar-refractivity contribution is -0.0973. The Morgan fingerprint density at radius 3 is 2.56 bits per heavy atom. The Bertz CT molecular complexity index is 880. The monoisotopic (exact) mass is 514 g/mol. The van der Waals surface area contributed by atoms with Gasteiger partial charge in [0.2, 0.25) is 0 Å². The highest BCUT2D eigenvalue weighted by atomic mass is 32.2. The molecule has 4 heterocycles. The first-order chi connectivity index (χ1) is 15.7. The SMILES string of the molecule is CCC[C@@H](C[C@@H]1CC[C@H]([C@@H](C)[C@@H]2OS(=O)(=O)[C@H]3C[C@@H]4C=C[C@]3(O4)[C@H]2C)O1)O[Si](C)(C)C(C)(C)C. The first-order valence-corrected chi connectivity index (χ1v) is 17.7. The summed E-state index contributed by atoms with van der Waals surface area (Å²) in [6.45, 7) is 17.9. The molecular formula is C26H46O6SSi. The van der Waals surface area contributed by atoms with Crippen molar-refractivity contribution >= 4 is 18.4 Å². The Hall–Kier alpha value is -0.253. The van der Waals surface area contributed by atoms with Crippen LogP contribution in [0.2, 0.25) is 18.1 Å². The topological polar surface area (TPSA) is 71.1 Å². The van der Waals surface area contributed by atoms with Crippen LogP contribution in [0.25, 0.3) is 0 Å². The summed E-state index contributed by atoms with van der Waals surface area (Å²) in [5.41, 5.74) is -0.748. The molecule has 0 aliphatic carbocycles. The highest BCUT2D eigenvalue weighted by Crippen LogP contribution is 2.53. The molecule has 4 aliphatic rings. The third-order valence-corrected chi connectivity index (χ3v) is 15.6. The van der Waals surface area contributed by atoms with Crippen LogP contribution >= 0.6 is 0 Å². The van der Waals surface area contributed by atoms with Crippen molar-refractivity contribution in [3.05, 3.63) is 12.2 Å². The van der Waals surface area contributed by atoms with Gasteiger partial charge in [-0.15, -0.1) is 0 Å². The molecule has 3 fully saturated rings. The minimum Gasteiger partial charge on any atom is -0.414 e. The summed E-state index contributed by atoms with van der Waals surface area (Å²) in [6, 6.07) is 0. The molecule has 8 heteroatoms. The summed E-state index contributed by atoms with van der Waals surface area (Å²) in [4.78, 5) is 0. The first-order valence-electron chi connectivity index (χ1n) is 13.3. The van der Waals surface area contributed by atoms with Crippen molar-refractivity contribution in [2.45, 2.75) is 140 Å². The third-order valence-electron chi connectivity index (χ3n) is 9.32. The molecule has 3 saturated heterocycles. The number of hydrogen-bond donors (Lipinski definition) is 0. The van der Waals surface area contributed by atoms with Crippen molar-refractivity contribution in [1.82, 2.24) is 0 Å². The molecule has 0 amide bonds. The van der Waals surface area contributed by atoms with Crippen LogP contribution in [0, 0.1) is 11.8 Å². The van der Waals surface area contributed by atoms with Gasteiger partial charge in [-0.05, 0) is 50.2 Å². The van der Waals surface area contributed by atoms with Crippen molar-refractivity contribution in [2.75, 3.05) is 0 Å². The van der Waals surface area contributed by atoms with E-state index in [0.717, 1.165) is 32.1 Å². The predicted molar refractivity (Wildman–Crippen MR) is 137 cm³/mol. The molecule has 9 atom stereocenters. The molecule has 196 valence electrons. The van der Waals surface area contributed by atoms with Gasteiger partial charge < -0.3 is 13.9 Å². The van der Waals surface area contributed by atoms with Crippen molar-refractivity contribution in [3.8, 4) is 0 Å². The van der Waals surface area contributed by atoms with Crippen molar-refractivity contribution in [2.24, 2.45) is 11.8 Å². The second kappa shape index (κ2) is 9.25. The first kappa shape index (κ1) is 26.8. The fourth-order valence-electron chi connectivity index (χ4n) is 6.24. The Labute approximate surface area is 208 Å². The molecule has 0 N–H and O–H groups in total. The maximum absolute atomic E-state index is 13.0. The second-order valence-electron chi connectivity index (χ2n) is 12.7. The van der Waals surface area contributed by atoms with Crippen LogP contribution in [0.3, 0.4) is 0 Å². The van der Waals surface area contributed by atoms with E-state index >= 15 is 0 Å². The molecule has 0 unspecified atom stereocenters. The third kappa shape index (κ3) is 4.72. The average molecular weight is 515 g/mol. The smallest absolute Gasteiger partial charge is 0.273 e. The van der Waals surface area contributed by atoms with Crippen molar-refractivity contribution < 1.29 is 26.5 Å². The van der Waals surface area contributed by atoms with Crippen LogP contribution in [0.15, 0.2) is 12.2 Å². The molecule has 4 rings (SSSR count). The van der Waals surface area contributed by atoms with E-state index in [4.69, 9.17) is 18.1 Å². The number of ether oxygens (including phenoxy) is 2. The summed E-state index contributed by atoms with van der Waals surface area (Å²) in [5, 5.41) is -0.409. The quantitative estimate of drug-likeness (QED) is 0.239. The van der Waals surface area contributed by atoms with Gasteiger partial charge >= 0.3 is 0 Å². The lowest BCUT2D eigenvalue weighted by atomic mass is 9.75. The molecule has 0 radical (unpaired) electrons. The summed E-state index contributed by atoms with van der Waals surface area (Å²) in [6.07, 6.45) is 9.25. The molecule has 0 aromatic heterocycles. The predicted octanol–water partition coefficient (Wildman–Crippen LogP) is 5.58. The molecule has 1 spiro atoms. The zero-order valence-electron chi connectivity index (χ0n) is 22.4. The molecule has 0 aromatic rings. The largest absolute Gasteiger partial charge is 0.414 e. The molecule has 4 aliphatic heterocycles. The average Bonchev–Trinajstić information content (AvgIpc) is 3.45. The standard InChI is InChI=1S/C26H46O6SSi/c1-9-10-21(32-34(7,8)25(4,5)6)15-19-11-12-22(29-19)17(2)24-18(3)26-14-13-20(30-26)16-23(26)33(27,28)31-24/h13-14,17-24H,9-12,15-16H2,1-8H3/t17-,18+,19+,20+,21+,22-,23+,24+,26+/m1/s1. The normalized spacial score (nSPS) is 40.9. The minimum atomic E-state index is -3.68. The maximum atomic E-state index is 13.0.